The number of fused-ring (bicyclic) bond motifs is 1. The zero-order valence-electron chi connectivity index (χ0n) is 16.5. The number of halogens is 1. The van der Waals surface area contributed by atoms with Gasteiger partial charge in [0.2, 0.25) is 0 Å². The Kier molecular flexibility index (Phi) is 8.97. The molecular weight excluding hydrogens is 489 g/mol. The zero-order valence-corrected chi connectivity index (χ0v) is 20.5. The average molecular weight is 520 g/mol. The minimum absolute atomic E-state index is 0. The molecular formula is C19H30IN5S2. The van der Waals surface area contributed by atoms with E-state index in [4.69, 9.17) is 0 Å². The van der Waals surface area contributed by atoms with Crippen molar-refractivity contribution in [1.29, 1.82) is 0 Å². The maximum absolute atomic E-state index is 4.59. The van der Waals surface area contributed by atoms with Gasteiger partial charge in [-0.05, 0) is 44.2 Å². The van der Waals surface area contributed by atoms with Crippen LogP contribution in [0.3, 0.4) is 0 Å². The van der Waals surface area contributed by atoms with Crippen molar-refractivity contribution >= 4 is 52.6 Å². The molecule has 2 N–H and O–H groups in total. The smallest absolute Gasteiger partial charge is 0.191 e. The highest BCUT2D eigenvalue weighted by atomic mass is 127. The van der Waals surface area contributed by atoms with Crippen LogP contribution in [0.2, 0.25) is 0 Å². The molecule has 0 saturated carbocycles. The number of aliphatic imine (C=N–C) groups is 1. The zero-order chi connectivity index (χ0) is 18.5. The van der Waals surface area contributed by atoms with Crippen LogP contribution in [0, 0.1) is 13.8 Å². The van der Waals surface area contributed by atoms with Gasteiger partial charge in [-0.2, -0.15) is 0 Å². The lowest BCUT2D eigenvalue weighted by Gasteiger charge is -2.32. The number of hydrogen-bond acceptors (Lipinski definition) is 5. The van der Waals surface area contributed by atoms with Crippen LogP contribution in [0.1, 0.15) is 32.9 Å². The molecule has 8 heteroatoms. The van der Waals surface area contributed by atoms with Crippen molar-refractivity contribution in [3.8, 4) is 0 Å². The van der Waals surface area contributed by atoms with E-state index >= 15 is 0 Å². The molecule has 3 heterocycles. The third-order valence-corrected chi connectivity index (χ3v) is 7.11. The lowest BCUT2D eigenvalue weighted by molar-refractivity contribution is 0.192. The molecule has 0 aliphatic carbocycles. The molecule has 2 aromatic heterocycles. The SMILES string of the molecule is CN=C(NCCc1nc(C)c(C)s1)NCC(C)N1CCc2sccc2C1.I. The van der Waals surface area contributed by atoms with Crippen LogP contribution in [0.5, 0.6) is 0 Å². The monoisotopic (exact) mass is 519 g/mol. The first-order valence-electron chi connectivity index (χ1n) is 9.23. The second-order valence-electron chi connectivity index (χ2n) is 6.82. The lowest BCUT2D eigenvalue weighted by atomic mass is 10.1. The summed E-state index contributed by atoms with van der Waals surface area (Å²) in [6.45, 7) is 10.5. The Hall–Kier alpha value is -0.710. The summed E-state index contributed by atoms with van der Waals surface area (Å²) in [4.78, 5) is 14.4. The fourth-order valence-electron chi connectivity index (χ4n) is 3.17. The van der Waals surface area contributed by atoms with Crippen LogP contribution < -0.4 is 10.6 Å². The topological polar surface area (TPSA) is 52.6 Å². The molecule has 150 valence electrons. The molecule has 0 spiro atoms. The summed E-state index contributed by atoms with van der Waals surface area (Å²) < 4.78 is 0. The molecule has 3 rings (SSSR count). The maximum atomic E-state index is 4.59. The summed E-state index contributed by atoms with van der Waals surface area (Å²) in [6.07, 6.45) is 2.11. The minimum Gasteiger partial charge on any atom is -0.356 e. The van der Waals surface area contributed by atoms with Crippen molar-refractivity contribution in [2.45, 2.75) is 46.2 Å². The number of thiophene rings is 1. The Morgan fingerprint density at radius 1 is 1.37 bits per heavy atom. The summed E-state index contributed by atoms with van der Waals surface area (Å²) in [5, 5.41) is 10.3. The Balaban J connectivity index is 0.00000261. The highest BCUT2D eigenvalue weighted by molar-refractivity contribution is 14.0. The fourth-order valence-corrected chi connectivity index (χ4v) is 5.00. The van der Waals surface area contributed by atoms with E-state index in [-0.39, 0.29) is 24.0 Å². The molecule has 5 nitrogen and oxygen atoms in total. The van der Waals surface area contributed by atoms with E-state index in [1.165, 1.54) is 21.9 Å². The summed E-state index contributed by atoms with van der Waals surface area (Å²) in [5.41, 5.74) is 2.65. The number of nitrogens with zero attached hydrogens (tertiary/aromatic N) is 3. The van der Waals surface area contributed by atoms with Crippen molar-refractivity contribution in [2.75, 3.05) is 26.7 Å². The molecule has 0 saturated heterocycles. The summed E-state index contributed by atoms with van der Waals surface area (Å²) in [5.74, 6) is 0.870. The molecule has 0 radical (unpaired) electrons. The van der Waals surface area contributed by atoms with Crippen LogP contribution >= 0.6 is 46.7 Å². The van der Waals surface area contributed by atoms with E-state index in [2.05, 4.69) is 57.7 Å². The van der Waals surface area contributed by atoms with E-state index in [0.717, 1.165) is 44.3 Å². The minimum atomic E-state index is 0. The molecule has 0 amide bonds. The van der Waals surface area contributed by atoms with Gasteiger partial charge in [0, 0.05) is 55.4 Å². The predicted octanol–water partition coefficient (Wildman–Crippen LogP) is 3.59. The van der Waals surface area contributed by atoms with Crippen molar-refractivity contribution in [1.82, 2.24) is 20.5 Å². The third-order valence-electron chi connectivity index (χ3n) is 4.95. The van der Waals surface area contributed by atoms with E-state index < -0.39 is 0 Å². The molecule has 0 aromatic carbocycles. The van der Waals surface area contributed by atoms with Crippen molar-refractivity contribution in [3.63, 3.8) is 0 Å². The van der Waals surface area contributed by atoms with E-state index in [1.807, 2.05) is 18.4 Å². The first kappa shape index (κ1) is 22.6. The van der Waals surface area contributed by atoms with Crippen LogP contribution in [-0.2, 0) is 19.4 Å². The summed E-state index contributed by atoms with van der Waals surface area (Å²) >= 11 is 3.68. The van der Waals surface area contributed by atoms with Crippen LogP contribution in [0.25, 0.3) is 0 Å². The number of thiazole rings is 1. The van der Waals surface area contributed by atoms with Crippen LogP contribution in [0.15, 0.2) is 16.4 Å². The number of rotatable bonds is 6. The van der Waals surface area contributed by atoms with Crippen molar-refractivity contribution in [2.24, 2.45) is 4.99 Å². The highest BCUT2D eigenvalue weighted by Crippen LogP contribution is 2.24. The van der Waals surface area contributed by atoms with Gasteiger partial charge in [0.25, 0.3) is 0 Å². The van der Waals surface area contributed by atoms with Gasteiger partial charge in [0.1, 0.15) is 0 Å². The highest BCUT2D eigenvalue weighted by Gasteiger charge is 2.21. The standard InChI is InChI=1S/C19H29N5S2.HI/c1-13(24-9-6-17-16(12-24)7-10-25-17)11-22-19(20-4)21-8-5-18-23-14(2)15(3)26-18;/h7,10,13H,5-6,8-9,11-12H2,1-4H3,(H2,20,21,22);1H. The first-order chi connectivity index (χ1) is 12.6. The summed E-state index contributed by atoms with van der Waals surface area (Å²) in [7, 11) is 1.83. The maximum Gasteiger partial charge on any atom is 0.191 e. The van der Waals surface area contributed by atoms with Gasteiger partial charge in [-0.1, -0.05) is 0 Å². The molecule has 0 bridgehead atoms. The largest absolute Gasteiger partial charge is 0.356 e. The molecule has 2 aromatic rings. The number of nitrogens with one attached hydrogen (secondary N) is 2. The van der Waals surface area contributed by atoms with Gasteiger partial charge in [-0.3, -0.25) is 9.89 Å². The van der Waals surface area contributed by atoms with Gasteiger partial charge >= 0.3 is 0 Å². The molecule has 1 atom stereocenters. The van der Waals surface area contributed by atoms with Gasteiger partial charge in [-0.15, -0.1) is 46.7 Å². The average Bonchev–Trinajstić information content (AvgIpc) is 3.23. The second-order valence-corrected chi connectivity index (χ2v) is 9.11. The van der Waals surface area contributed by atoms with Gasteiger partial charge < -0.3 is 10.6 Å². The second kappa shape index (κ2) is 10.7. The van der Waals surface area contributed by atoms with E-state index in [9.17, 15) is 0 Å². The Bertz CT molecular complexity index is 736. The lowest BCUT2D eigenvalue weighted by Crippen LogP contribution is -2.47. The fraction of sp³-hybridized carbons (Fsp3) is 0.579. The molecule has 27 heavy (non-hydrogen) atoms. The van der Waals surface area contributed by atoms with E-state index in [0.29, 0.717) is 6.04 Å². The predicted molar refractivity (Wildman–Crippen MR) is 128 cm³/mol. The van der Waals surface area contributed by atoms with Crippen molar-refractivity contribution < 1.29 is 0 Å². The number of hydrogen-bond donors (Lipinski definition) is 2. The Morgan fingerprint density at radius 2 is 2.19 bits per heavy atom. The van der Waals surface area contributed by atoms with Crippen LogP contribution in [0.4, 0.5) is 0 Å². The van der Waals surface area contributed by atoms with Crippen molar-refractivity contribution in [3.05, 3.63) is 37.5 Å². The number of aryl methyl sites for hydroxylation is 2. The van der Waals surface area contributed by atoms with Gasteiger partial charge in [0.15, 0.2) is 5.96 Å². The molecule has 1 aliphatic heterocycles. The van der Waals surface area contributed by atoms with Gasteiger partial charge in [0.05, 0.1) is 10.7 Å². The molecule has 1 aliphatic rings. The Labute approximate surface area is 187 Å². The first-order valence-corrected chi connectivity index (χ1v) is 10.9. The summed E-state index contributed by atoms with van der Waals surface area (Å²) in [6, 6.07) is 2.75. The molecule has 1 unspecified atom stereocenters. The quantitative estimate of drug-likeness (QED) is 0.348. The normalized spacial score (nSPS) is 15.8. The number of aromatic nitrogens is 1. The van der Waals surface area contributed by atoms with Gasteiger partial charge in [-0.25, -0.2) is 4.98 Å². The third kappa shape index (κ3) is 6.13. The van der Waals surface area contributed by atoms with Crippen LogP contribution in [-0.4, -0.2) is 48.6 Å². The molecule has 0 fully saturated rings. The Morgan fingerprint density at radius 3 is 2.89 bits per heavy atom. The van der Waals surface area contributed by atoms with E-state index in [1.54, 1.807) is 16.2 Å². The number of guanidine groups is 1.